The van der Waals surface area contributed by atoms with Gasteiger partial charge in [-0.1, -0.05) is 21.9 Å². The van der Waals surface area contributed by atoms with Crippen LogP contribution in [-0.2, 0) is 14.6 Å². The molecule has 0 saturated carbocycles. The highest BCUT2D eigenvalue weighted by Crippen LogP contribution is 2.17. The van der Waals surface area contributed by atoms with E-state index in [1.54, 1.807) is 0 Å². The highest BCUT2D eigenvalue weighted by atomic mass is 79.9. The maximum Gasteiger partial charge on any atom is 0.234 e. The van der Waals surface area contributed by atoms with E-state index in [1.807, 2.05) is 0 Å². The Labute approximate surface area is 98.1 Å². The van der Waals surface area contributed by atoms with E-state index in [4.69, 9.17) is 6.42 Å². The maximum absolute atomic E-state index is 11.5. The summed E-state index contributed by atoms with van der Waals surface area (Å²) in [6.07, 6.45) is 5.64. The topological polar surface area (TPSA) is 54.5 Å². The van der Waals surface area contributed by atoms with Crippen molar-refractivity contribution < 1.29 is 13.2 Å². The number of rotatable bonds is 3. The Morgan fingerprint density at radius 3 is 2.67 bits per heavy atom. The standard InChI is InChI=1S/C9H12BrNO3S/c1-2-4-11(9(12)6-10)8-3-5-15(13,14)7-8/h1,8H,3-7H2. The van der Waals surface area contributed by atoms with Crippen molar-refractivity contribution in [2.45, 2.75) is 12.5 Å². The molecule has 1 aliphatic heterocycles. The van der Waals surface area contributed by atoms with Crippen molar-refractivity contribution in [3.8, 4) is 12.3 Å². The van der Waals surface area contributed by atoms with Crippen LogP contribution in [0.15, 0.2) is 0 Å². The molecule has 1 fully saturated rings. The SMILES string of the molecule is C#CCN(C(=O)CBr)C1CCS(=O)(=O)C1. The molecule has 1 aliphatic rings. The summed E-state index contributed by atoms with van der Waals surface area (Å²) < 4.78 is 22.5. The molecule has 0 radical (unpaired) electrons. The molecule has 0 bridgehead atoms. The lowest BCUT2D eigenvalue weighted by molar-refractivity contribution is -0.129. The maximum atomic E-state index is 11.5. The van der Waals surface area contributed by atoms with E-state index in [0.29, 0.717) is 6.42 Å². The van der Waals surface area contributed by atoms with Gasteiger partial charge in [0, 0.05) is 6.04 Å². The third kappa shape index (κ3) is 3.21. The summed E-state index contributed by atoms with van der Waals surface area (Å²) >= 11 is 3.05. The van der Waals surface area contributed by atoms with Crippen molar-refractivity contribution in [3.63, 3.8) is 0 Å². The van der Waals surface area contributed by atoms with Gasteiger partial charge in [0.25, 0.3) is 0 Å². The van der Waals surface area contributed by atoms with E-state index in [2.05, 4.69) is 21.9 Å². The smallest absolute Gasteiger partial charge is 0.234 e. The van der Waals surface area contributed by atoms with Crippen LogP contribution in [0.4, 0.5) is 0 Å². The molecule has 1 amide bonds. The van der Waals surface area contributed by atoms with Crippen molar-refractivity contribution in [2.75, 3.05) is 23.4 Å². The molecule has 0 N–H and O–H groups in total. The first kappa shape index (κ1) is 12.5. The van der Waals surface area contributed by atoms with Crippen LogP contribution in [0.5, 0.6) is 0 Å². The summed E-state index contributed by atoms with van der Waals surface area (Å²) in [5.41, 5.74) is 0. The molecular formula is C9H12BrNO3S. The van der Waals surface area contributed by atoms with Crippen molar-refractivity contribution in [1.29, 1.82) is 0 Å². The third-order valence-electron chi connectivity index (χ3n) is 2.35. The zero-order valence-electron chi connectivity index (χ0n) is 8.15. The van der Waals surface area contributed by atoms with Gasteiger partial charge in [-0.15, -0.1) is 6.42 Å². The van der Waals surface area contributed by atoms with Gasteiger partial charge in [-0.2, -0.15) is 0 Å². The minimum absolute atomic E-state index is 0.0351. The van der Waals surface area contributed by atoms with Gasteiger partial charge in [-0.05, 0) is 6.42 Å². The number of amides is 1. The van der Waals surface area contributed by atoms with Gasteiger partial charge >= 0.3 is 0 Å². The Morgan fingerprint density at radius 1 is 1.60 bits per heavy atom. The molecule has 15 heavy (non-hydrogen) atoms. The number of carbonyl (C=O) groups excluding carboxylic acids is 1. The fourth-order valence-corrected chi connectivity index (χ4v) is 3.67. The zero-order valence-corrected chi connectivity index (χ0v) is 10.6. The lowest BCUT2D eigenvalue weighted by atomic mass is 10.2. The number of halogens is 1. The molecule has 0 aromatic carbocycles. The number of sulfone groups is 1. The van der Waals surface area contributed by atoms with Gasteiger partial charge in [-0.3, -0.25) is 4.79 Å². The van der Waals surface area contributed by atoms with E-state index in [9.17, 15) is 13.2 Å². The first-order chi connectivity index (χ1) is 7.00. The van der Waals surface area contributed by atoms with Gasteiger partial charge in [0.15, 0.2) is 9.84 Å². The van der Waals surface area contributed by atoms with Gasteiger partial charge in [-0.25, -0.2) is 8.42 Å². The summed E-state index contributed by atoms with van der Waals surface area (Å²) in [6, 6.07) is -0.254. The Bertz CT molecular complexity index is 385. The predicted molar refractivity (Wildman–Crippen MR) is 61.4 cm³/mol. The number of carbonyl (C=O) groups is 1. The Balaban J connectivity index is 2.75. The van der Waals surface area contributed by atoms with Crippen molar-refractivity contribution in [2.24, 2.45) is 0 Å². The molecule has 4 nitrogen and oxygen atoms in total. The molecule has 1 heterocycles. The highest BCUT2D eigenvalue weighted by molar-refractivity contribution is 9.09. The van der Waals surface area contributed by atoms with Crippen LogP contribution in [0, 0.1) is 12.3 Å². The molecule has 0 aliphatic carbocycles. The van der Waals surface area contributed by atoms with Gasteiger partial charge in [0.2, 0.25) is 5.91 Å². The second-order valence-electron chi connectivity index (χ2n) is 3.42. The quantitative estimate of drug-likeness (QED) is 0.545. The van der Waals surface area contributed by atoms with Crippen molar-refractivity contribution >= 4 is 31.7 Å². The Kier molecular flexibility index (Phi) is 4.17. The molecule has 0 aromatic heterocycles. The minimum Gasteiger partial charge on any atom is -0.327 e. The van der Waals surface area contributed by atoms with E-state index in [-0.39, 0.29) is 35.3 Å². The molecule has 1 atom stereocenters. The molecule has 1 rings (SSSR count). The summed E-state index contributed by atoms with van der Waals surface area (Å²) in [6.45, 7) is 0.171. The van der Waals surface area contributed by atoms with Crippen molar-refractivity contribution in [1.82, 2.24) is 4.90 Å². The van der Waals surface area contributed by atoms with Crippen LogP contribution in [0.3, 0.4) is 0 Å². The van der Waals surface area contributed by atoms with E-state index < -0.39 is 9.84 Å². The lowest BCUT2D eigenvalue weighted by Crippen LogP contribution is -2.42. The summed E-state index contributed by atoms with van der Waals surface area (Å²) in [5.74, 6) is 2.40. The summed E-state index contributed by atoms with van der Waals surface area (Å²) in [5, 5.41) is 0.172. The second kappa shape index (κ2) is 4.99. The zero-order chi connectivity index (χ0) is 11.5. The van der Waals surface area contributed by atoms with Crippen molar-refractivity contribution in [3.05, 3.63) is 0 Å². The molecular weight excluding hydrogens is 282 g/mol. The molecule has 0 spiro atoms. The molecule has 84 valence electrons. The molecule has 1 unspecified atom stereocenters. The normalized spacial score (nSPS) is 23.3. The van der Waals surface area contributed by atoms with E-state index in [1.165, 1.54) is 4.90 Å². The van der Waals surface area contributed by atoms with E-state index >= 15 is 0 Å². The lowest BCUT2D eigenvalue weighted by Gasteiger charge is -2.25. The van der Waals surface area contributed by atoms with Gasteiger partial charge < -0.3 is 4.90 Å². The average molecular weight is 294 g/mol. The molecule has 6 heteroatoms. The van der Waals surface area contributed by atoms with Crippen LogP contribution in [0.1, 0.15) is 6.42 Å². The summed E-state index contributed by atoms with van der Waals surface area (Å²) in [4.78, 5) is 12.9. The minimum atomic E-state index is -2.98. The summed E-state index contributed by atoms with van der Waals surface area (Å²) in [7, 11) is -2.98. The first-order valence-corrected chi connectivity index (χ1v) is 7.44. The highest BCUT2D eigenvalue weighted by Gasteiger charge is 2.33. The van der Waals surface area contributed by atoms with Gasteiger partial charge in [0.1, 0.15) is 0 Å². The Hall–Kier alpha value is -0.540. The fourth-order valence-electron chi connectivity index (χ4n) is 1.62. The van der Waals surface area contributed by atoms with Crippen LogP contribution in [0.25, 0.3) is 0 Å². The van der Waals surface area contributed by atoms with Crippen LogP contribution < -0.4 is 0 Å². The Morgan fingerprint density at radius 2 is 2.27 bits per heavy atom. The van der Waals surface area contributed by atoms with Crippen LogP contribution in [0.2, 0.25) is 0 Å². The first-order valence-electron chi connectivity index (χ1n) is 4.49. The molecule has 1 saturated heterocycles. The molecule has 0 aromatic rings. The fraction of sp³-hybridized carbons (Fsp3) is 0.667. The third-order valence-corrected chi connectivity index (χ3v) is 4.58. The number of hydrogen-bond acceptors (Lipinski definition) is 3. The van der Waals surface area contributed by atoms with Crippen LogP contribution >= 0.6 is 15.9 Å². The predicted octanol–water partition coefficient (Wildman–Crippen LogP) is 0.0302. The van der Waals surface area contributed by atoms with E-state index in [0.717, 1.165) is 0 Å². The number of terminal acetylenes is 1. The van der Waals surface area contributed by atoms with Crippen LogP contribution in [-0.4, -0.2) is 48.6 Å². The average Bonchev–Trinajstić information content (AvgIpc) is 2.54. The second-order valence-corrected chi connectivity index (χ2v) is 6.21. The number of hydrogen-bond donors (Lipinski definition) is 0. The van der Waals surface area contributed by atoms with Gasteiger partial charge in [0.05, 0.1) is 23.4 Å². The number of nitrogens with zero attached hydrogens (tertiary/aromatic N) is 1. The number of alkyl halides is 1. The largest absolute Gasteiger partial charge is 0.327 e. The monoisotopic (exact) mass is 293 g/mol.